The Kier molecular flexibility index (Phi) is 12.6. The monoisotopic (exact) mass is 886 g/mol. The van der Waals surface area contributed by atoms with Crippen LogP contribution >= 0.6 is 0 Å². The summed E-state index contributed by atoms with van der Waals surface area (Å²) < 4.78 is 90.7. The zero-order valence-electron chi connectivity index (χ0n) is 32.3. The molecule has 0 saturated heterocycles. The van der Waals surface area contributed by atoms with E-state index in [9.17, 15) is 46.1 Å². The van der Waals surface area contributed by atoms with E-state index in [1.54, 1.807) is 72.8 Å². The minimum atomic E-state index is -4.75. The summed E-state index contributed by atoms with van der Waals surface area (Å²) in [5.74, 6) is -2.23. The van der Waals surface area contributed by atoms with E-state index in [0.29, 0.717) is 55.1 Å². The summed E-state index contributed by atoms with van der Waals surface area (Å²) in [4.78, 5) is 39.6. The smallest absolute Gasteiger partial charge is 0.416 e. The lowest BCUT2D eigenvalue weighted by atomic mass is 9.88. The predicted octanol–water partition coefficient (Wildman–Crippen LogP) is 9.59. The van der Waals surface area contributed by atoms with Gasteiger partial charge in [-0.1, -0.05) is 48.5 Å². The van der Waals surface area contributed by atoms with E-state index in [0.717, 1.165) is 24.3 Å². The van der Waals surface area contributed by atoms with Crippen molar-refractivity contribution in [3.05, 3.63) is 197 Å². The second kappa shape index (κ2) is 17.9. The summed E-state index contributed by atoms with van der Waals surface area (Å²) in [6.45, 7) is 0.273. The van der Waals surface area contributed by atoms with E-state index < -0.39 is 45.6 Å². The van der Waals surface area contributed by atoms with Gasteiger partial charge in [0.2, 0.25) is 22.1 Å². The predicted molar refractivity (Wildman–Crippen MR) is 218 cm³/mol. The molecule has 64 heavy (non-hydrogen) atoms. The van der Waals surface area contributed by atoms with E-state index in [-0.39, 0.29) is 35.0 Å². The number of hydrogen-bond donors (Lipinski definition) is 2. The Morgan fingerprint density at radius 3 is 1.06 bits per heavy atom. The van der Waals surface area contributed by atoms with Crippen LogP contribution in [0.25, 0.3) is 54.7 Å². The first kappa shape index (κ1) is 45.1. The molecular formula is C44H28F6N4O10. The third-order valence-electron chi connectivity index (χ3n) is 10.0. The zero-order chi connectivity index (χ0) is 46.7. The van der Waals surface area contributed by atoms with Crippen molar-refractivity contribution >= 4 is 55.6 Å². The summed E-state index contributed by atoms with van der Waals surface area (Å²) in [6.07, 6.45) is -9.50. The fourth-order valence-corrected chi connectivity index (χ4v) is 7.44. The number of nitrogens with zero attached hydrogens (tertiary/aromatic N) is 4. The number of rotatable bonds is 7. The van der Waals surface area contributed by atoms with Gasteiger partial charge in [0.15, 0.2) is 13.1 Å². The van der Waals surface area contributed by atoms with Gasteiger partial charge in [-0.3, -0.25) is 0 Å². The normalized spacial score (nSPS) is 11.4. The Balaban J connectivity index is 0.000000786. The molecule has 20 heteroatoms. The molecule has 2 aromatic heterocycles. The molecule has 6 aromatic carbocycles. The number of aromatic nitrogens is 2. The van der Waals surface area contributed by atoms with Crippen molar-refractivity contribution in [2.75, 3.05) is 0 Å². The number of benzene rings is 6. The second-order valence-corrected chi connectivity index (χ2v) is 13.9. The molecule has 0 spiro atoms. The molecule has 14 nitrogen and oxygen atoms in total. The molecule has 0 amide bonds. The Labute approximate surface area is 354 Å². The second-order valence-electron chi connectivity index (χ2n) is 13.9. The number of aromatic carboxylic acids is 2. The topological polar surface area (TPSA) is 215 Å². The molecule has 0 saturated carbocycles. The van der Waals surface area contributed by atoms with Crippen molar-refractivity contribution < 1.29 is 65.5 Å². The molecule has 2 N–H and O–H groups in total. The minimum Gasteiger partial charge on any atom is -0.478 e. The largest absolute Gasteiger partial charge is 0.478 e. The molecule has 0 aliphatic carbocycles. The Morgan fingerprint density at radius 1 is 0.469 bits per heavy atom. The molecular weight excluding hydrogens is 858 g/mol. The van der Waals surface area contributed by atoms with Crippen LogP contribution in [0.2, 0.25) is 0 Å². The maximum Gasteiger partial charge on any atom is 0.416 e. The number of halogens is 6. The van der Waals surface area contributed by atoms with Gasteiger partial charge >= 0.3 is 24.3 Å². The van der Waals surface area contributed by atoms with E-state index in [1.165, 1.54) is 36.4 Å². The van der Waals surface area contributed by atoms with Crippen molar-refractivity contribution in [3.8, 4) is 11.1 Å². The highest BCUT2D eigenvalue weighted by molar-refractivity contribution is 6.19. The van der Waals surface area contributed by atoms with Crippen molar-refractivity contribution in [2.45, 2.75) is 25.4 Å². The van der Waals surface area contributed by atoms with Crippen LogP contribution in [0.15, 0.2) is 133 Å². The number of carboxylic acid groups (broad SMARTS) is 2. The van der Waals surface area contributed by atoms with Gasteiger partial charge in [0.1, 0.15) is 0 Å². The van der Waals surface area contributed by atoms with Crippen molar-refractivity contribution in [1.29, 1.82) is 0 Å². The summed E-state index contributed by atoms with van der Waals surface area (Å²) >= 11 is 0. The summed E-state index contributed by atoms with van der Waals surface area (Å²) in [5.41, 5.74) is 2.08. The highest BCUT2D eigenvalue weighted by Crippen LogP contribution is 2.44. The molecule has 326 valence electrons. The lowest BCUT2D eigenvalue weighted by molar-refractivity contribution is -0.636. The molecule has 2 heterocycles. The average molecular weight is 887 g/mol. The van der Waals surface area contributed by atoms with E-state index >= 15 is 0 Å². The summed E-state index contributed by atoms with van der Waals surface area (Å²) in [5, 5.41) is 49.6. The van der Waals surface area contributed by atoms with Gasteiger partial charge in [0.25, 0.3) is 0 Å². The SMILES string of the molecule is O=C(O)c1ccc(C[n+]2c3ccccc3c(-c3c4ccccc4[n+](Cc4ccc(C(=O)O)cc4)c4ccc(C(F)(F)F)cc34)c3cc(C(F)(F)F)ccc32)cc1.O=[N+]([O-])[O-].O=[N+]([O-])[O-]. The standard InChI is InChI=1S/C44H26F6N2O4.2NO3/c45-43(46,47)29-17-19-37-33(21-29)39(31-5-1-3-7-35(31)51(37)23-25-9-13-27(14-10-25)41(53)54)40-32-6-2-4-8-36(32)52(24-26-11-15-28(16-12-26)42(55)56)38-20-18-30(22-34(38)40)44(48,49)50;2*2-1(3)4/h1-22H,23-24H2;;/q;2*-1/p+2. The summed E-state index contributed by atoms with van der Waals surface area (Å²) in [7, 11) is 0. The maximum absolute atomic E-state index is 14.5. The molecule has 0 unspecified atom stereocenters. The van der Waals surface area contributed by atoms with Crippen LogP contribution in [0.1, 0.15) is 43.0 Å². The van der Waals surface area contributed by atoms with Crippen molar-refractivity contribution in [3.63, 3.8) is 0 Å². The van der Waals surface area contributed by atoms with E-state index in [4.69, 9.17) is 30.6 Å². The molecule has 0 aliphatic heterocycles. The van der Waals surface area contributed by atoms with Gasteiger partial charge in [-0.05, 0) is 60.7 Å². The molecule has 8 rings (SSSR count). The van der Waals surface area contributed by atoms with Crippen LogP contribution in [-0.2, 0) is 25.4 Å². The fourth-order valence-electron chi connectivity index (χ4n) is 7.44. The Hall–Kier alpha value is -8.42. The van der Waals surface area contributed by atoms with Crippen LogP contribution in [-0.4, -0.2) is 32.3 Å². The van der Waals surface area contributed by atoms with Gasteiger partial charge in [-0.15, -0.1) is 0 Å². The lowest BCUT2D eigenvalue weighted by Gasteiger charge is -2.18. The number of para-hydroxylation sites is 2. The fraction of sp³-hybridized carbons (Fsp3) is 0.0909. The quantitative estimate of drug-likeness (QED) is 0.0508. The molecule has 0 aliphatic rings. The van der Waals surface area contributed by atoms with E-state index in [2.05, 4.69) is 0 Å². The number of pyridine rings is 2. The summed E-state index contributed by atoms with van der Waals surface area (Å²) in [6, 6.07) is 33.0. The van der Waals surface area contributed by atoms with Crippen LogP contribution in [0.5, 0.6) is 0 Å². The number of hydrogen-bond acceptors (Lipinski definition) is 8. The van der Waals surface area contributed by atoms with Gasteiger partial charge < -0.3 is 40.9 Å². The van der Waals surface area contributed by atoms with Crippen LogP contribution in [0.4, 0.5) is 26.3 Å². The Bertz CT molecular complexity index is 2910. The van der Waals surface area contributed by atoms with Gasteiger partial charge in [0.05, 0.1) is 54.0 Å². The van der Waals surface area contributed by atoms with Gasteiger partial charge in [-0.25, -0.2) is 9.59 Å². The zero-order valence-corrected chi connectivity index (χ0v) is 32.3. The first-order chi connectivity index (χ1) is 30.1. The minimum absolute atomic E-state index is 0.0641. The van der Waals surface area contributed by atoms with Gasteiger partial charge in [-0.2, -0.15) is 35.5 Å². The molecule has 0 radical (unpaired) electrons. The van der Waals surface area contributed by atoms with Crippen LogP contribution in [0.3, 0.4) is 0 Å². The Morgan fingerprint density at radius 2 is 0.766 bits per heavy atom. The first-order valence-electron chi connectivity index (χ1n) is 18.3. The lowest BCUT2D eigenvalue weighted by Crippen LogP contribution is -2.37. The number of alkyl halides is 6. The van der Waals surface area contributed by atoms with Crippen molar-refractivity contribution in [1.82, 2.24) is 0 Å². The van der Waals surface area contributed by atoms with Crippen LogP contribution < -0.4 is 9.13 Å². The average Bonchev–Trinajstić information content (AvgIpc) is 3.23. The molecule has 0 fully saturated rings. The molecule has 8 aromatic rings. The molecule has 0 atom stereocenters. The van der Waals surface area contributed by atoms with Gasteiger partial charge in [0, 0.05) is 46.5 Å². The third kappa shape index (κ3) is 9.70. The number of carboxylic acids is 2. The first-order valence-corrected chi connectivity index (χ1v) is 18.3. The number of carbonyl (C=O) groups is 2. The van der Waals surface area contributed by atoms with E-state index in [1.807, 2.05) is 9.13 Å². The highest BCUT2D eigenvalue weighted by Gasteiger charge is 2.36. The number of fused-ring (bicyclic) bond motifs is 4. The maximum atomic E-state index is 14.5. The molecule has 0 bridgehead atoms. The third-order valence-corrected chi connectivity index (χ3v) is 10.0. The van der Waals surface area contributed by atoms with Crippen molar-refractivity contribution in [2.24, 2.45) is 0 Å². The highest BCUT2D eigenvalue weighted by atomic mass is 19.4. The van der Waals surface area contributed by atoms with Crippen LogP contribution in [0, 0.1) is 30.6 Å².